The van der Waals surface area contributed by atoms with Crippen LogP contribution in [0.2, 0.25) is 0 Å². The highest BCUT2D eigenvalue weighted by atomic mass is 32.2. The van der Waals surface area contributed by atoms with Gasteiger partial charge in [0, 0.05) is 24.4 Å². The molecule has 3 aromatic rings. The Morgan fingerprint density at radius 1 is 1.17 bits per heavy atom. The molecule has 150 valence electrons. The number of rotatable bonds is 3. The summed E-state index contributed by atoms with van der Waals surface area (Å²) in [6.07, 6.45) is 1.09. The molecule has 0 radical (unpaired) electrons. The van der Waals surface area contributed by atoms with Gasteiger partial charge in [0.05, 0.1) is 17.0 Å². The van der Waals surface area contributed by atoms with Crippen LogP contribution in [0.1, 0.15) is 10.4 Å². The molecule has 1 aliphatic heterocycles. The maximum absolute atomic E-state index is 13.1. The first-order valence-electron chi connectivity index (χ1n) is 8.79. The standard InChI is InChI=1S/C20H18N2O6S/c1-21(12-6-8-13(9-7-12)29(2,26)27)19(24)16-18(23)14-4-3-5-15-17(14)22(20(16)25)10-11-28-15/h3-9,23H,10-11H2,1-2H3. The largest absolute Gasteiger partial charge is 0.506 e. The number of carbonyl (C=O) groups is 1. The molecule has 0 atom stereocenters. The Balaban J connectivity index is 1.83. The Kier molecular flexibility index (Phi) is 4.34. The number of benzene rings is 2. The molecule has 0 aliphatic carbocycles. The molecule has 1 amide bonds. The number of aromatic hydroxyl groups is 1. The number of hydrogen-bond donors (Lipinski definition) is 1. The van der Waals surface area contributed by atoms with Gasteiger partial charge >= 0.3 is 0 Å². The second kappa shape index (κ2) is 6.63. The minimum absolute atomic E-state index is 0.118. The van der Waals surface area contributed by atoms with Gasteiger partial charge in [0.15, 0.2) is 9.84 Å². The molecule has 9 heteroatoms. The van der Waals surface area contributed by atoms with E-state index in [-0.39, 0.29) is 23.6 Å². The van der Waals surface area contributed by atoms with Gasteiger partial charge in [0.25, 0.3) is 11.5 Å². The molecule has 0 saturated heterocycles. The van der Waals surface area contributed by atoms with Gasteiger partial charge in [-0.3, -0.25) is 9.59 Å². The van der Waals surface area contributed by atoms with Crippen LogP contribution in [0.25, 0.3) is 10.9 Å². The molecule has 0 saturated carbocycles. The molecule has 0 spiro atoms. The van der Waals surface area contributed by atoms with Crippen LogP contribution in [0, 0.1) is 0 Å². The molecule has 4 rings (SSSR count). The normalized spacial score (nSPS) is 13.2. The SMILES string of the molecule is CN(C(=O)c1c(O)c2cccc3c2n(c1=O)CCO3)c1ccc(S(C)(=O)=O)cc1. The first-order chi connectivity index (χ1) is 13.7. The van der Waals surface area contributed by atoms with Crippen LogP contribution in [0.15, 0.2) is 52.2 Å². The summed E-state index contributed by atoms with van der Waals surface area (Å²) >= 11 is 0. The van der Waals surface area contributed by atoms with Crippen molar-refractivity contribution in [2.75, 3.05) is 24.8 Å². The van der Waals surface area contributed by atoms with Crippen molar-refractivity contribution in [2.45, 2.75) is 11.4 Å². The Morgan fingerprint density at radius 3 is 2.52 bits per heavy atom. The Hall–Kier alpha value is -3.33. The number of amides is 1. The number of ether oxygens (including phenoxy) is 1. The maximum Gasteiger partial charge on any atom is 0.267 e. The maximum atomic E-state index is 13.1. The van der Waals surface area contributed by atoms with Crippen molar-refractivity contribution in [1.82, 2.24) is 4.57 Å². The van der Waals surface area contributed by atoms with Crippen molar-refractivity contribution in [1.29, 1.82) is 0 Å². The molecule has 29 heavy (non-hydrogen) atoms. The van der Waals surface area contributed by atoms with E-state index in [1.807, 2.05) is 0 Å². The van der Waals surface area contributed by atoms with Crippen molar-refractivity contribution in [2.24, 2.45) is 0 Å². The van der Waals surface area contributed by atoms with E-state index < -0.39 is 27.1 Å². The van der Waals surface area contributed by atoms with E-state index in [0.29, 0.717) is 22.3 Å². The first kappa shape index (κ1) is 19.0. The third-order valence-electron chi connectivity index (χ3n) is 4.96. The number of nitrogens with zero attached hydrogens (tertiary/aromatic N) is 2. The summed E-state index contributed by atoms with van der Waals surface area (Å²) in [4.78, 5) is 27.4. The molecule has 8 nitrogen and oxygen atoms in total. The van der Waals surface area contributed by atoms with E-state index in [1.54, 1.807) is 18.2 Å². The summed E-state index contributed by atoms with van der Waals surface area (Å²) < 4.78 is 30.2. The lowest BCUT2D eigenvalue weighted by molar-refractivity contribution is 0.0988. The average Bonchev–Trinajstić information content (AvgIpc) is 2.70. The number of anilines is 1. The summed E-state index contributed by atoms with van der Waals surface area (Å²) in [5.74, 6) is -0.620. The Morgan fingerprint density at radius 2 is 1.86 bits per heavy atom. The van der Waals surface area contributed by atoms with Crippen molar-refractivity contribution < 1.29 is 23.1 Å². The number of pyridine rings is 1. The second-order valence-corrected chi connectivity index (χ2v) is 8.83. The third kappa shape index (κ3) is 3.03. The summed E-state index contributed by atoms with van der Waals surface area (Å²) in [6.45, 7) is 0.549. The lowest BCUT2D eigenvalue weighted by atomic mass is 10.1. The lowest BCUT2D eigenvalue weighted by Gasteiger charge is -2.23. The van der Waals surface area contributed by atoms with E-state index >= 15 is 0 Å². The molecule has 0 bridgehead atoms. The molecule has 2 aromatic carbocycles. The quantitative estimate of drug-likeness (QED) is 0.700. The van der Waals surface area contributed by atoms with E-state index in [9.17, 15) is 23.1 Å². The van der Waals surface area contributed by atoms with Crippen LogP contribution in [-0.2, 0) is 16.4 Å². The fraction of sp³-hybridized carbons (Fsp3) is 0.200. The van der Waals surface area contributed by atoms with Crippen molar-refractivity contribution in [3.05, 3.63) is 58.4 Å². The van der Waals surface area contributed by atoms with Crippen molar-refractivity contribution >= 4 is 32.3 Å². The smallest absolute Gasteiger partial charge is 0.267 e. The molecular formula is C20H18N2O6S. The predicted molar refractivity (Wildman–Crippen MR) is 108 cm³/mol. The minimum Gasteiger partial charge on any atom is -0.506 e. The topological polar surface area (TPSA) is 106 Å². The van der Waals surface area contributed by atoms with E-state index in [4.69, 9.17) is 4.74 Å². The molecule has 0 fully saturated rings. The van der Waals surface area contributed by atoms with Gasteiger partial charge in [0.1, 0.15) is 23.7 Å². The minimum atomic E-state index is -3.37. The molecule has 2 heterocycles. The first-order valence-corrected chi connectivity index (χ1v) is 10.7. The number of carbonyl (C=O) groups excluding carboxylic acids is 1. The number of aromatic nitrogens is 1. The van der Waals surface area contributed by atoms with Crippen LogP contribution in [-0.4, -0.2) is 43.9 Å². The van der Waals surface area contributed by atoms with Crippen molar-refractivity contribution in [3.8, 4) is 11.5 Å². The number of para-hydroxylation sites is 1. The summed E-state index contributed by atoms with van der Waals surface area (Å²) in [7, 11) is -1.92. The highest BCUT2D eigenvalue weighted by Crippen LogP contribution is 2.34. The summed E-state index contributed by atoms with van der Waals surface area (Å²) in [5.41, 5.74) is -0.100. The van der Waals surface area contributed by atoms with E-state index in [1.165, 1.54) is 40.8 Å². The van der Waals surface area contributed by atoms with Crippen molar-refractivity contribution in [3.63, 3.8) is 0 Å². The predicted octanol–water partition coefficient (Wildman–Crippen LogP) is 1.78. The third-order valence-corrected chi connectivity index (χ3v) is 6.09. The molecule has 1 N–H and O–H groups in total. The zero-order valence-electron chi connectivity index (χ0n) is 15.7. The Bertz CT molecular complexity index is 1310. The van der Waals surface area contributed by atoms with Crippen LogP contribution in [0.5, 0.6) is 11.5 Å². The molecule has 0 unspecified atom stereocenters. The van der Waals surface area contributed by atoms with Gasteiger partial charge in [-0.15, -0.1) is 0 Å². The zero-order valence-corrected chi connectivity index (χ0v) is 16.6. The second-order valence-electron chi connectivity index (χ2n) is 6.81. The molecular weight excluding hydrogens is 396 g/mol. The van der Waals surface area contributed by atoms with Crippen LogP contribution < -0.4 is 15.2 Å². The fourth-order valence-corrected chi connectivity index (χ4v) is 4.07. The summed E-state index contributed by atoms with van der Waals surface area (Å²) in [5, 5.41) is 11.1. The summed E-state index contributed by atoms with van der Waals surface area (Å²) in [6, 6.07) is 10.7. The zero-order chi connectivity index (χ0) is 20.9. The van der Waals surface area contributed by atoms with Crippen LogP contribution in [0.3, 0.4) is 0 Å². The number of sulfone groups is 1. The van der Waals surface area contributed by atoms with Gasteiger partial charge in [-0.25, -0.2) is 8.42 Å². The van der Waals surface area contributed by atoms with Gasteiger partial charge in [-0.1, -0.05) is 6.07 Å². The van der Waals surface area contributed by atoms with Gasteiger partial charge in [0.2, 0.25) is 0 Å². The van der Waals surface area contributed by atoms with E-state index in [2.05, 4.69) is 0 Å². The molecule has 1 aliphatic rings. The Labute approximate surface area is 166 Å². The fourth-order valence-electron chi connectivity index (χ4n) is 3.44. The van der Waals surface area contributed by atoms with Crippen LogP contribution in [0.4, 0.5) is 5.69 Å². The highest BCUT2D eigenvalue weighted by molar-refractivity contribution is 7.90. The number of hydrogen-bond acceptors (Lipinski definition) is 6. The van der Waals surface area contributed by atoms with E-state index in [0.717, 1.165) is 6.26 Å². The van der Waals surface area contributed by atoms with Crippen LogP contribution >= 0.6 is 0 Å². The van der Waals surface area contributed by atoms with Gasteiger partial charge < -0.3 is 19.3 Å². The van der Waals surface area contributed by atoms with Gasteiger partial charge in [-0.2, -0.15) is 0 Å². The highest BCUT2D eigenvalue weighted by Gasteiger charge is 2.28. The monoisotopic (exact) mass is 414 g/mol. The average molecular weight is 414 g/mol. The molecule has 1 aromatic heterocycles. The lowest BCUT2D eigenvalue weighted by Crippen LogP contribution is -2.36. The van der Waals surface area contributed by atoms with Gasteiger partial charge in [-0.05, 0) is 36.4 Å².